The van der Waals surface area contributed by atoms with Crippen LogP contribution in [0.25, 0.3) is 0 Å². The molecule has 0 amide bonds. The van der Waals surface area contributed by atoms with Crippen LogP contribution in [0.5, 0.6) is 0 Å². The van der Waals surface area contributed by atoms with Gasteiger partial charge in [0.05, 0.1) is 13.2 Å². The number of rotatable bonds is 13. The molecule has 0 heterocycles. The number of alkyl halides is 1. The van der Waals surface area contributed by atoms with Gasteiger partial charge < -0.3 is 4.74 Å². The van der Waals surface area contributed by atoms with E-state index in [9.17, 15) is 0 Å². The molecular weight excluding hydrogens is 419 g/mol. The van der Waals surface area contributed by atoms with Crippen LogP contribution in [-0.2, 0) is 30.6 Å². The van der Waals surface area contributed by atoms with Crippen molar-refractivity contribution in [2.75, 3.05) is 6.61 Å². The Balaban J connectivity index is 1.38. The highest BCUT2D eigenvalue weighted by Gasteiger charge is 2.27. The van der Waals surface area contributed by atoms with Crippen molar-refractivity contribution >= 4 is 0 Å². The van der Waals surface area contributed by atoms with Crippen molar-refractivity contribution in [3.63, 3.8) is 0 Å². The van der Waals surface area contributed by atoms with Crippen molar-refractivity contribution in [3.8, 4) is 0 Å². The van der Waals surface area contributed by atoms with Crippen LogP contribution in [0.15, 0.2) is 72.8 Å². The lowest BCUT2D eigenvalue weighted by Crippen LogP contribution is -2.24. The van der Waals surface area contributed by atoms with E-state index < -0.39 is 6.17 Å². The summed E-state index contributed by atoms with van der Waals surface area (Å²) in [5.74, 6) is 1.00. The third-order valence-electron chi connectivity index (χ3n) is 7.17. The summed E-state index contributed by atoms with van der Waals surface area (Å²) in [6.07, 6.45) is 17.2. The van der Waals surface area contributed by atoms with Gasteiger partial charge in [-0.1, -0.05) is 79.8 Å². The molecule has 0 N–H and O–H groups in total. The Morgan fingerprint density at radius 1 is 0.824 bits per heavy atom. The molecule has 2 aromatic carbocycles. The summed E-state index contributed by atoms with van der Waals surface area (Å²) >= 11 is 0. The van der Waals surface area contributed by atoms with Gasteiger partial charge in [0.25, 0.3) is 0 Å². The Hall–Kier alpha value is -2.19. The maximum Gasteiger partial charge on any atom is 0.107 e. The lowest BCUT2D eigenvalue weighted by molar-refractivity contribution is 0.148. The fourth-order valence-corrected chi connectivity index (χ4v) is 4.91. The SMILES string of the molecule is CC=CCOCc1ccc(CCc2ccc(CC(F)C3CCC(CC=CCC)CC3)cc2)cc1. The van der Waals surface area contributed by atoms with Crippen molar-refractivity contribution in [2.24, 2.45) is 11.8 Å². The monoisotopic (exact) mass is 462 g/mol. The van der Waals surface area contributed by atoms with Crippen molar-refractivity contribution in [2.45, 2.75) is 84.4 Å². The quantitative estimate of drug-likeness (QED) is 0.214. The van der Waals surface area contributed by atoms with Crippen LogP contribution in [0.2, 0.25) is 0 Å². The molecule has 2 heteroatoms. The van der Waals surface area contributed by atoms with E-state index in [1.54, 1.807) is 0 Å². The fraction of sp³-hybridized carbons (Fsp3) is 0.500. The van der Waals surface area contributed by atoms with Gasteiger partial charge in [-0.15, -0.1) is 0 Å². The standard InChI is InChI=1S/C32H43FO/c1-3-5-7-8-26-19-21-31(22-20-26)32(33)24-29-15-11-27(12-16-29)9-10-28-13-17-30(18-14-28)25-34-23-6-4-2/h4-7,11-18,26,31-32H,3,8-10,19-25H2,1-2H3. The van der Waals surface area contributed by atoms with Gasteiger partial charge in [0.1, 0.15) is 6.17 Å². The van der Waals surface area contributed by atoms with Gasteiger partial charge in [-0.25, -0.2) is 4.39 Å². The summed E-state index contributed by atoms with van der Waals surface area (Å²) < 4.78 is 20.6. The average Bonchev–Trinajstić information content (AvgIpc) is 2.87. The zero-order valence-electron chi connectivity index (χ0n) is 21.2. The molecular formula is C32H43FO. The predicted octanol–water partition coefficient (Wildman–Crippen LogP) is 8.61. The summed E-state index contributed by atoms with van der Waals surface area (Å²) in [4.78, 5) is 0. The number of halogens is 1. The minimum atomic E-state index is -0.710. The molecule has 0 aromatic heterocycles. The number of hydrogen-bond acceptors (Lipinski definition) is 1. The van der Waals surface area contributed by atoms with E-state index in [2.05, 4.69) is 67.6 Å². The van der Waals surface area contributed by atoms with Crippen molar-refractivity contribution < 1.29 is 9.13 Å². The summed E-state index contributed by atoms with van der Waals surface area (Å²) in [5.41, 5.74) is 5.00. The molecule has 1 aliphatic carbocycles. The smallest absolute Gasteiger partial charge is 0.107 e. The maximum absolute atomic E-state index is 15.0. The van der Waals surface area contributed by atoms with Crippen LogP contribution in [0.1, 0.15) is 74.6 Å². The molecule has 0 spiro atoms. The van der Waals surface area contributed by atoms with E-state index in [1.807, 2.05) is 19.1 Å². The highest BCUT2D eigenvalue weighted by atomic mass is 19.1. The van der Waals surface area contributed by atoms with Gasteiger partial charge in [-0.2, -0.15) is 0 Å². The first-order chi connectivity index (χ1) is 16.7. The van der Waals surface area contributed by atoms with Gasteiger partial charge >= 0.3 is 0 Å². The van der Waals surface area contributed by atoms with Crippen LogP contribution in [0, 0.1) is 11.8 Å². The van der Waals surface area contributed by atoms with Crippen LogP contribution >= 0.6 is 0 Å². The van der Waals surface area contributed by atoms with Crippen molar-refractivity contribution in [1.29, 1.82) is 0 Å². The second kappa shape index (κ2) is 14.9. The molecule has 1 fully saturated rings. The minimum Gasteiger partial charge on any atom is -0.373 e. The lowest BCUT2D eigenvalue weighted by atomic mass is 9.77. The van der Waals surface area contributed by atoms with Crippen LogP contribution in [0.3, 0.4) is 0 Å². The normalized spacial score (nSPS) is 19.7. The Morgan fingerprint density at radius 3 is 2.00 bits per heavy atom. The first-order valence-corrected chi connectivity index (χ1v) is 13.3. The van der Waals surface area contributed by atoms with Crippen molar-refractivity contribution in [3.05, 3.63) is 95.1 Å². The Kier molecular flexibility index (Phi) is 11.6. The van der Waals surface area contributed by atoms with Gasteiger partial charge in [0.15, 0.2) is 0 Å². The molecule has 1 saturated carbocycles. The highest BCUT2D eigenvalue weighted by Crippen LogP contribution is 2.35. The number of aryl methyl sites for hydroxylation is 2. The maximum atomic E-state index is 15.0. The first-order valence-electron chi connectivity index (χ1n) is 13.3. The highest BCUT2D eigenvalue weighted by molar-refractivity contribution is 5.26. The summed E-state index contributed by atoms with van der Waals surface area (Å²) in [6.45, 7) is 5.49. The average molecular weight is 463 g/mol. The third-order valence-corrected chi connectivity index (χ3v) is 7.17. The summed E-state index contributed by atoms with van der Waals surface area (Å²) in [6, 6.07) is 17.3. The van der Waals surface area contributed by atoms with E-state index in [0.717, 1.165) is 43.6 Å². The summed E-state index contributed by atoms with van der Waals surface area (Å²) in [5, 5.41) is 0. The molecule has 1 unspecified atom stereocenters. The molecule has 1 aliphatic rings. The fourth-order valence-electron chi connectivity index (χ4n) is 4.91. The van der Waals surface area contributed by atoms with E-state index in [-0.39, 0.29) is 5.92 Å². The Bertz CT molecular complexity index is 857. The Morgan fingerprint density at radius 2 is 1.41 bits per heavy atom. The third kappa shape index (κ3) is 9.22. The molecule has 2 aromatic rings. The molecule has 0 aliphatic heterocycles. The molecule has 0 bridgehead atoms. The molecule has 3 rings (SSSR count). The van der Waals surface area contributed by atoms with Gasteiger partial charge in [-0.05, 0) is 92.4 Å². The second-order valence-electron chi connectivity index (χ2n) is 9.83. The molecule has 0 saturated heterocycles. The number of allylic oxidation sites excluding steroid dienone is 3. The van der Waals surface area contributed by atoms with E-state index in [1.165, 1.54) is 36.0 Å². The second-order valence-corrected chi connectivity index (χ2v) is 9.83. The van der Waals surface area contributed by atoms with Crippen LogP contribution < -0.4 is 0 Å². The molecule has 1 nitrogen and oxygen atoms in total. The van der Waals surface area contributed by atoms with E-state index >= 15 is 4.39 Å². The summed E-state index contributed by atoms with van der Waals surface area (Å²) in [7, 11) is 0. The zero-order chi connectivity index (χ0) is 24.0. The van der Waals surface area contributed by atoms with Crippen LogP contribution in [-0.4, -0.2) is 12.8 Å². The number of ether oxygens (including phenoxy) is 1. The molecule has 34 heavy (non-hydrogen) atoms. The topological polar surface area (TPSA) is 9.23 Å². The Labute approximate surface area is 207 Å². The number of benzene rings is 2. The van der Waals surface area contributed by atoms with E-state index in [4.69, 9.17) is 4.74 Å². The molecule has 184 valence electrons. The predicted molar refractivity (Wildman–Crippen MR) is 143 cm³/mol. The van der Waals surface area contributed by atoms with Crippen molar-refractivity contribution in [1.82, 2.24) is 0 Å². The largest absolute Gasteiger partial charge is 0.373 e. The van der Waals surface area contributed by atoms with Crippen LogP contribution in [0.4, 0.5) is 4.39 Å². The van der Waals surface area contributed by atoms with Gasteiger partial charge in [0, 0.05) is 6.42 Å². The van der Waals surface area contributed by atoms with Gasteiger partial charge in [-0.3, -0.25) is 0 Å². The first kappa shape index (κ1) is 26.4. The van der Waals surface area contributed by atoms with E-state index in [0.29, 0.717) is 19.6 Å². The lowest BCUT2D eigenvalue weighted by Gasteiger charge is -2.30. The molecule has 1 atom stereocenters. The zero-order valence-corrected chi connectivity index (χ0v) is 21.2. The minimum absolute atomic E-state index is 0.238. The molecule has 0 radical (unpaired) electrons. The number of hydrogen-bond donors (Lipinski definition) is 0. The van der Waals surface area contributed by atoms with Gasteiger partial charge in [0.2, 0.25) is 0 Å².